The number of ketones is 1. The van der Waals surface area contributed by atoms with Gasteiger partial charge in [-0.15, -0.1) is 0 Å². The van der Waals surface area contributed by atoms with E-state index in [1.165, 1.54) is 12.1 Å². The molecule has 0 heterocycles. The van der Waals surface area contributed by atoms with Gasteiger partial charge >= 0.3 is 0 Å². The molecule has 0 N–H and O–H groups in total. The first-order chi connectivity index (χ1) is 7.55. The van der Waals surface area contributed by atoms with Gasteiger partial charge in [-0.1, -0.05) is 6.92 Å². The van der Waals surface area contributed by atoms with E-state index in [4.69, 9.17) is 4.74 Å². The van der Waals surface area contributed by atoms with E-state index < -0.39 is 0 Å². The quantitative estimate of drug-likeness (QED) is 0.769. The van der Waals surface area contributed by atoms with E-state index in [-0.39, 0.29) is 17.0 Å². The maximum absolute atomic E-state index is 13.3. The Hall–Kier alpha value is -1.38. The van der Waals surface area contributed by atoms with Gasteiger partial charge in [0.25, 0.3) is 0 Å². The van der Waals surface area contributed by atoms with Crippen molar-refractivity contribution in [3.05, 3.63) is 29.6 Å². The van der Waals surface area contributed by atoms with Crippen LogP contribution in [0.4, 0.5) is 4.39 Å². The van der Waals surface area contributed by atoms with Crippen LogP contribution in [0, 0.1) is 5.82 Å². The summed E-state index contributed by atoms with van der Waals surface area (Å²) in [4.78, 5) is 11.4. The predicted octanol–water partition coefficient (Wildman–Crippen LogP) is 2.85. The Morgan fingerprint density at radius 2 is 2.19 bits per heavy atom. The molecular weight excluding hydrogens is 207 g/mol. The van der Waals surface area contributed by atoms with Crippen LogP contribution < -0.4 is 4.74 Å². The first-order valence-electron chi connectivity index (χ1n) is 5.41. The van der Waals surface area contributed by atoms with E-state index >= 15 is 0 Å². The number of methoxy groups -OCH3 is 1. The van der Waals surface area contributed by atoms with Crippen LogP contribution in [0.5, 0.6) is 5.75 Å². The Kier molecular flexibility index (Phi) is 2.70. The van der Waals surface area contributed by atoms with Crippen LogP contribution in [0.3, 0.4) is 0 Å². The van der Waals surface area contributed by atoms with Crippen LogP contribution in [0.1, 0.15) is 31.7 Å². The molecule has 0 saturated heterocycles. The number of hydrogen-bond acceptors (Lipinski definition) is 2. The van der Waals surface area contributed by atoms with E-state index in [9.17, 15) is 9.18 Å². The second-order valence-electron chi connectivity index (χ2n) is 4.62. The zero-order valence-corrected chi connectivity index (χ0v) is 9.55. The normalized spacial score (nSPS) is 24.8. The van der Waals surface area contributed by atoms with Crippen LogP contribution in [0.2, 0.25) is 0 Å². The molecule has 0 radical (unpaired) electrons. The average Bonchev–Trinajstić information content (AvgIpc) is 2.60. The van der Waals surface area contributed by atoms with Gasteiger partial charge in [0, 0.05) is 23.8 Å². The molecule has 0 amide bonds. The first-order valence-corrected chi connectivity index (χ1v) is 5.41. The largest absolute Gasteiger partial charge is 0.496 e. The van der Waals surface area contributed by atoms with Gasteiger partial charge in [0.1, 0.15) is 17.3 Å². The summed E-state index contributed by atoms with van der Waals surface area (Å²) < 4.78 is 18.5. The number of halogens is 1. The lowest BCUT2D eigenvalue weighted by Crippen LogP contribution is -2.19. The molecule has 1 fully saturated rings. The molecule has 3 heteroatoms. The summed E-state index contributed by atoms with van der Waals surface area (Å²) in [6, 6.07) is 4.48. The Morgan fingerprint density at radius 1 is 1.44 bits per heavy atom. The molecule has 2 rings (SSSR count). The molecule has 1 aromatic carbocycles. The smallest absolute Gasteiger partial charge is 0.133 e. The Morgan fingerprint density at radius 3 is 2.75 bits per heavy atom. The fourth-order valence-corrected chi connectivity index (χ4v) is 2.41. The van der Waals surface area contributed by atoms with Crippen molar-refractivity contribution in [3.8, 4) is 5.75 Å². The molecule has 0 bridgehead atoms. The maximum atomic E-state index is 13.3. The van der Waals surface area contributed by atoms with E-state index in [1.54, 1.807) is 13.2 Å². The van der Waals surface area contributed by atoms with E-state index in [0.717, 1.165) is 12.0 Å². The second kappa shape index (κ2) is 3.89. The van der Waals surface area contributed by atoms with Crippen molar-refractivity contribution in [1.82, 2.24) is 0 Å². The highest BCUT2D eigenvalue weighted by molar-refractivity contribution is 5.83. The molecule has 0 aliphatic heterocycles. The zero-order valence-electron chi connectivity index (χ0n) is 9.55. The minimum Gasteiger partial charge on any atom is -0.496 e. The summed E-state index contributed by atoms with van der Waals surface area (Å²) in [5, 5.41) is 0. The molecule has 16 heavy (non-hydrogen) atoms. The maximum Gasteiger partial charge on any atom is 0.133 e. The van der Waals surface area contributed by atoms with Crippen molar-refractivity contribution < 1.29 is 13.9 Å². The number of ether oxygens (including phenoxy) is 1. The summed E-state index contributed by atoms with van der Waals surface area (Å²) in [5.41, 5.74) is 0.533. The lowest BCUT2D eigenvalue weighted by atomic mass is 9.80. The highest BCUT2D eigenvalue weighted by atomic mass is 19.1. The second-order valence-corrected chi connectivity index (χ2v) is 4.62. The summed E-state index contributed by atoms with van der Waals surface area (Å²) >= 11 is 0. The molecule has 1 aliphatic carbocycles. The van der Waals surface area contributed by atoms with E-state index in [2.05, 4.69) is 0 Å². The summed E-state index contributed by atoms with van der Waals surface area (Å²) in [6.07, 6.45) is 1.83. The van der Waals surface area contributed by atoms with Crippen molar-refractivity contribution >= 4 is 5.78 Å². The molecule has 0 aromatic heterocycles. The van der Waals surface area contributed by atoms with Gasteiger partial charge in [-0.25, -0.2) is 4.39 Å². The third-order valence-corrected chi connectivity index (χ3v) is 3.35. The molecule has 2 nitrogen and oxygen atoms in total. The van der Waals surface area contributed by atoms with Crippen LogP contribution in [0.15, 0.2) is 18.2 Å². The van der Waals surface area contributed by atoms with Crippen molar-refractivity contribution in [1.29, 1.82) is 0 Å². The molecule has 1 unspecified atom stereocenters. The monoisotopic (exact) mass is 222 g/mol. The number of Topliss-reactive ketones (excluding diaryl/α,β-unsaturated/α-hetero) is 1. The third-order valence-electron chi connectivity index (χ3n) is 3.35. The molecule has 1 aromatic rings. The fourth-order valence-electron chi connectivity index (χ4n) is 2.41. The third kappa shape index (κ3) is 1.82. The fraction of sp³-hybridized carbons (Fsp3) is 0.462. The van der Waals surface area contributed by atoms with Crippen molar-refractivity contribution in [2.75, 3.05) is 7.11 Å². The van der Waals surface area contributed by atoms with Gasteiger partial charge in [-0.3, -0.25) is 4.79 Å². The van der Waals surface area contributed by atoms with Crippen LogP contribution >= 0.6 is 0 Å². The van der Waals surface area contributed by atoms with Crippen LogP contribution in [-0.2, 0) is 10.2 Å². The lowest BCUT2D eigenvalue weighted by Gasteiger charge is -2.25. The van der Waals surface area contributed by atoms with Gasteiger partial charge in [0.2, 0.25) is 0 Å². The number of rotatable bonds is 2. The van der Waals surface area contributed by atoms with Crippen molar-refractivity contribution in [2.45, 2.75) is 31.6 Å². The van der Waals surface area contributed by atoms with Crippen LogP contribution in [0.25, 0.3) is 0 Å². The molecular formula is C13H15FO2. The SMILES string of the molecule is COc1ccc(F)cc1C1(C)CCC(=O)C1. The number of hydrogen-bond donors (Lipinski definition) is 0. The molecule has 86 valence electrons. The standard InChI is InChI=1S/C13H15FO2/c1-13(6-5-10(15)8-13)11-7-9(14)3-4-12(11)16-2/h3-4,7H,5-6,8H2,1-2H3. The lowest BCUT2D eigenvalue weighted by molar-refractivity contribution is -0.117. The Balaban J connectivity index is 2.46. The van der Waals surface area contributed by atoms with Crippen molar-refractivity contribution in [2.24, 2.45) is 0 Å². The average molecular weight is 222 g/mol. The minimum absolute atomic E-state index is 0.244. The van der Waals surface area contributed by atoms with Crippen LogP contribution in [-0.4, -0.2) is 12.9 Å². The first kappa shape index (κ1) is 11.1. The highest BCUT2D eigenvalue weighted by Crippen LogP contribution is 2.43. The van der Waals surface area contributed by atoms with Gasteiger partial charge in [-0.05, 0) is 24.6 Å². The zero-order chi connectivity index (χ0) is 11.8. The highest BCUT2D eigenvalue weighted by Gasteiger charge is 2.37. The van der Waals surface area contributed by atoms with E-state index in [1.807, 2.05) is 6.92 Å². The number of benzene rings is 1. The molecule has 1 aliphatic rings. The van der Waals surface area contributed by atoms with Gasteiger partial charge < -0.3 is 4.74 Å². The predicted molar refractivity (Wildman–Crippen MR) is 59.2 cm³/mol. The Bertz CT molecular complexity index is 428. The van der Waals surface area contributed by atoms with Crippen molar-refractivity contribution in [3.63, 3.8) is 0 Å². The summed E-state index contributed by atoms with van der Waals surface area (Å²) in [5.74, 6) is 0.629. The minimum atomic E-state index is -0.281. The van der Waals surface area contributed by atoms with E-state index in [0.29, 0.717) is 18.6 Å². The molecule has 1 saturated carbocycles. The van der Waals surface area contributed by atoms with Gasteiger partial charge in [-0.2, -0.15) is 0 Å². The van der Waals surface area contributed by atoms with Gasteiger partial charge in [0.05, 0.1) is 7.11 Å². The topological polar surface area (TPSA) is 26.3 Å². The van der Waals surface area contributed by atoms with Gasteiger partial charge in [0.15, 0.2) is 0 Å². The number of carbonyl (C=O) groups is 1. The number of carbonyl (C=O) groups excluding carboxylic acids is 1. The summed E-state index contributed by atoms with van der Waals surface area (Å²) in [7, 11) is 1.57. The molecule has 0 spiro atoms. The summed E-state index contributed by atoms with van der Waals surface area (Å²) in [6.45, 7) is 2.00. The Labute approximate surface area is 94.4 Å². The molecule has 1 atom stereocenters.